The zero-order valence-electron chi connectivity index (χ0n) is 35.1. The highest BCUT2D eigenvalue weighted by molar-refractivity contribution is 7.47. The first-order valence-corrected chi connectivity index (χ1v) is 23.5. The maximum atomic E-state index is 12.8. The van der Waals surface area contributed by atoms with Crippen molar-refractivity contribution in [3.05, 3.63) is 48.6 Å². The molecular weight excluding hydrogens is 751 g/mol. The summed E-state index contributed by atoms with van der Waals surface area (Å²) in [5.74, 6) is -0.486. The number of aliphatic hydroxyl groups is 5. The smallest absolute Gasteiger partial charge is 0.457 e. The van der Waals surface area contributed by atoms with E-state index in [9.17, 15) is 39.8 Å². The molecule has 6 atom stereocenters. The lowest BCUT2D eigenvalue weighted by Crippen LogP contribution is -2.64. The van der Waals surface area contributed by atoms with Crippen molar-refractivity contribution in [2.45, 2.75) is 204 Å². The highest BCUT2D eigenvalue weighted by Gasteiger charge is 2.51. The van der Waals surface area contributed by atoms with E-state index in [2.05, 4.69) is 62.5 Å². The number of rotatable bonds is 36. The first kappa shape index (κ1) is 53.3. The van der Waals surface area contributed by atoms with Gasteiger partial charge in [-0.05, 0) is 51.4 Å². The van der Waals surface area contributed by atoms with Crippen LogP contribution in [0.3, 0.4) is 0 Å². The molecule has 0 spiro atoms. The SMILES string of the molecule is CC/C=C\C/C=C\C/C=C\C/C=C\CCCCCCCCCCCOCC(COP(=O)(O)OC1C(O)C(O)C(O)C(O)C1O)OC(=O)CCCCCCCCCC. The van der Waals surface area contributed by atoms with Gasteiger partial charge in [0, 0.05) is 13.0 Å². The Balaban J connectivity index is 2.32. The number of phosphoric ester groups is 1. The van der Waals surface area contributed by atoms with Gasteiger partial charge < -0.3 is 39.9 Å². The van der Waals surface area contributed by atoms with E-state index in [4.69, 9.17) is 18.5 Å². The maximum absolute atomic E-state index is 12.8. The van der Waals surface area contributed by atoms with Crippen LogP contribution in [0.4, 0.5) is 0 Å². The van der Waals surface area contributed by atoms with Crippen molar-refractivity contribution < 1.29 is 58.3 Å². The summed E-state index contributed by atoms with van der Waals surface area (Å²) in [5.41, 5.74) is 0. The van der Waals surface area contributed by atoms with Gasteiger partial charge in [-0.1, -0.05) is 152 Å². The molecule has 1 aliphatic carbocycles. The Morgan fingerprint density at radius 3 is 1.58 bits per heavy atom. The van der Waals surface area contributed by atoms with Crippen LogP contribution in [-0.4, -0.2) is 98.9 Å². The summed E-state index contributed by atoms with van der Waals surface area (Å²) in [5, 5.41) is 50.0. The summed E-state index contributed by atoms with van der Waals surface area (Å²) in [7, 11) is -5.01. The molecule has 1 aliphatic rings. The average Bonchev–Trinajstić information content (AvgIpc) is 3.19. The Labute approximate surface area is 344 Å². The van der Waals surface area contributed by atoms with Gasteiger partial charge in [-0.3, -0.25) is 13.8 Å². The van der Waals surface area contributed by atoms with E-state index in [1.54, 1.807) is 0 Å². The molecule has 0 saturated heterocycles. The lowest BCUT2D eigenvalue weighted by atomic mass is 9.85. The second-order valence-electron chi connectivity index (χ2n) is 15.2. The molecule has 6 N–H and O–H groups in total. The molecule has 6 unspecified atom stereocenters. The maximum Gasteiger partial charge on any atom is 0.472 e. The number of hydrogen-bond donors (Lipinski definition) is 6. The fourth-order valence-corrected chi connectivity index (χ4v) is 7.44. The minimum absolute atomic E-state index is 0.0810. The summed E-state index contributed by atoms with van der Waals surface area (Å²) in [6, 6.07) is 0. The van der Waals surface area contributed by atoms with Crippen LogP contribution in [0.15, 0.2) is 48.6 Å². The van der Waals surface area contributed by atoms with Crippen LogP contribution in [0.5, 0.6) is 0 Å². The van der Waals surface area contributed by atoms with E-state index in [0.717, 1.165) is 77.0 Å². The molecule has 0 heterocycles. The Bertz CT molecular complexity index is 1130. The van der Waals surface area contributed by atoms with Gasteiger partial charge in [0.15, 0.2) is 0 Å². The molecule has 1 saturated carbocycles. The zero-order chi connectivity index (χ0) is 42.0. The van der Waals surface area contributed by atoms with Crippen molar-refractivity contribution in [3.63, 3.8) is 0 Å². The van der Waals surface area contributed by atoms with E-state index >= 15 is 0 Å². The van der Waals surface area contributed by atoms with E-state index < -0.39 is 63.1 Å². The normalized spacial score (nSPS) is 23.3. The van der Waals surface area contributed by atoms with Crippen molar-refractivity contribution in [3.8, 4) is 0 Å². The summed E-state index contributed by atoms with van der Waals surface area (Å²) in [6.45, 7) is 4.08. The minimum Gasteiger partial charge on any atom is -0.457 e. The highest BCUT2D eigenvalue weighted by atomic mass is 31.2. The number of esters is 1. The van der Waals surface area contributed by atoms with Crippen molar-refractivity contribution in [1.82, 2.24) is 0 Å². The van der Waals surface area contributed by atoms with Gasteiger partial charge in [0.2, 0.25) is 0 Å². The molecule has 13 heteroatoms. The van der Waals surface area contributed by atoms with E-state index in [1.807, 2.05) is 0 Å². The number of ether oxygens (including phenoxy) is 2. The Morgan fingerprint density at radius 1 is 0.579 bits per heavy atom. The molecule has 0 radical (unpaired) electrons. The fraction of sp³-hybridized carbons (Fsp3) is 0.795. The Kier molecular flexibility index (Phi) is 32.8. The molecule has 0 amide bonds. The number of phosphoric acid groups is 1. The summed E-state index contributed by atoms with van der Waals surface area (Å²) < 4.78 is 34.0. The third kappa shape index (κ3) is 27.6. The molecular formula is C44H79O12P. The van der Waals surface area contributed by atoms with Gasteiger partial charge >= 0.3 is 13.8 Å². The third-order valence-corrected chi connectivity index (χ3v) is 11.0. The van der Waals surface area contributed by atoms with E-state index in [-0.39, 0.29) is 13.0 Å². The fourth-order valence-electron chi connectivity index (χ4n) is 6.46. The van der Waals surface area contributed by atoms with E-state index in [0.29, 0.717) is 13.0 Å². The van der Waals surface area contributed by atoms with Gasteiger partial charge in [-0.2, -0.15) is 0 Å². The van der Waals surface area contributed by atoms with Gasteiger partial charge in [-0.25, -0.2) is 4.57 Å². The third-order valence-electron chi connectivity index (χ3n) is 9.97. The van der Waals surface area contributed by atoms with Crippen molar-refractivity contribution in [1.29, 1.82) is 0 Å². The highest BCUT2D eigenvalue weighted by Crippen LogP contribution is 2.47. The summed E-state index contributed by atoms with van der Waals surface area (Å²) in [4.78, 5) is 23.0. The molecule has 0 bridgehead atoms. The van der Waals surface area contributed by atoms with Crippen LogP contribution < -0.4 is 0 Å². The van der Waals surface area contributed by atoms with Crippen molar-refractivity contribution in [2.24, 2.45) is 0 Å². The first-order valence-electron chi connectivity index (χ1n) is 22.0. The van der Waals surface area contributed by atoms with Gasteiger partial charge in [0.25, 0.3) is 0 Å². The Hall–Kier alpha value is -1.70. The second kappa shape index (κ2) is 35.1. The van der Waals surface area contributed by atoms with Gasteiger partial charge in [0.1, 0.15) is 42.7 Å². The van der Waals surface area contributed by atoms with Crippen LogP contribution in [0, 0.1) is 0 Å². The lowest BCUT2D eigenvalue weighted by Gasteiger charge is -2.41. The predicted octanol–water partition coefficient (Wildman–Crippen LogP) is 8.47. The molecule has 0 aliphatic heterocycles. The molecule has 57 heavy (non-hydrogen) atoms. The number of carbonyl (C=O) groups excluding carboxylic acids is 1. The molecule has 12 nitrogen and oxygen atoms in total. The zero-order valence-corrected chi connectivity index (χ0v) is 36.0. The van der Waals surface area contributed by atoms with Gasteiger partial charge in [0.05, 0.1) is 13.2 Å². The summed E-state index contributed by atoms with van der Waals surface area (Å²) >= 11 is 0. The topological polar surface area (TPSA) is 192 Å². The second-order valence-corrected chi connectivity index (χ2v) is 16.6. The van der Waals surface area contributed by atoms with Gasteiger partial charge in [-0.15, -0.1) is 0 Å². The molecule has 0 aromatic rings. The first-order chi connectivity index (χ1) is 27.5. The summed E-state index contributed by atoms with van der Waals surface area (Å²) in [6.07, 6.45) is 29.2. The van der Waals surface area contributed by atoms with Crippen LogP contribution >= 0.6 is 7.82 Å². The minimum atomic E-state index is -5.01. The van der Waals surface area contributed by atoms with Crippen LogP contribution in [0.1, 0.15) is 162 Å². The predicted molar refractivity (Wildman–Crippen MR) is 225 cm³/mol. The largest absolute Gasteiger partial charge is 0.472 e. The number of allylic oxidation sites excluding steroid dienone is 8. The van der Waals surface area contributed by atoms with Crippen LogP contribution in [0.2, 0.25) is 0 Å². The standard InChI is InChI=1S/C44H79O12P/c1-3-5-7-9-11-13-14-15-16-17-18-19-20-21-22-23-24-25-26-28-30-32-34-53-35-37(55-38(45)33-31-29-27-12-10-8-6-4-2)36-54-57(51,52)56-44-42(49)40(47)39(46)41(48)43(44)50/h5,7,11,13,15-16,18-19,37,39-44,46-50H,3-4,6,8-10,12,14,17,20-36H2,1-2H3,(H,51,52)/b7-5-,13-11-,16-15-,19-18-. The number of unbranched alkanes of at least 4 members (excludes halogenated alkanes) is 16. The monoisotopic (exact) mass is 831 g/mol. The quantitative estimate of drug-likeness (QED) is 0.0153. The Morgan fingerprint density at radius 2 is 1.04 bits per heavy atom. The number of carbonyl (C=O) groups is 1. The van der Waals surface area contributed by atoms with Crippen LogP contribution in [0.25, 0.3) is 0 Å². The average molecular weight is 831 g/mol. The van der Waals surface area contributed by atoms with Crippen LogP contribution in [-0.2, 0) is 27.9 Å². The molecule has 1 fully saturated rings. The van der Waals surface area contributed by atoms with E-state index in [1.165, 1.54) is 57.8 Å². The lowest BCUT2D eigenvalue weighted by molar-refractivity contribution is -0.220. The molecule has 0 aromatic carbocycles. The van der Waals surface area contributed by atoms with Crippen molar-refractivity contribution >= 4 is 13.8 Å². The molecule has 0 aromatic heterocycles. The van der Waals surface area contributed by atoms with Crippen molar-refractivity contribution in [2.75, 3.05) is 19.8 Å². The molecule has 1 rings (SSSR count). The number of hydrogen-bond acceptors (Lipinski definition) is 11. The molecule has 332 valence electrons. The number of aliphatic hydroxyl groups excluding tert-OH is 5.